The van der Waals surface area contributed by atoms with E-state index in [0.717, 1.165) is 32.0 Å². The van der Waals surface area contributed by atoms with Crippen molar-refractivity contribution in [3.8, 4) is 5.75 Å². The van der Waals surface area contributed by atoms with Crippen LogP contribution in [0, 0.1) is 5.82 Å². The standard InChI is InChI=1S/C11H15FN2O3S/c12-10-7-9(18(13,15)16)1-2-11(10)17-8-3-5-14-6-4-8/h1-2,7-8,14H,3-6H2,(H2,13,15,16). The molecule has 18 heavy (non-hydrogen) atoms. The number of piperidine rings is 1. The monoisotopic (exact) mass is 274 g/mol. The minimum absolute atomic E-state index is 0.0407. The summed E-state index contributed by atoms with van der Waals surface area (Å²) in [7, 11) is -3.88. The summed E-state index contributed by atoms with van der Waals surface area (Å²) < 4.78 is 41.3. The molecule has 0 spiro atoms. The fourth-order valence-corrected chi connectivity index (χ4v) is 2.37. The molecule has 3 N–H and O–H groups in total. The minimum atomic E-state index is -3.88. The molecule has 0 aliphatic carbocycles. The zero-order valence-electron chi connectivity index (χ0n) is 9.73. The van der Waals surface area contributed by atoms with Crippen LogP contribution in [0.1, 0.15) is 12.8 Å². The average molecular weight is 274 g/mol. The van der Waals surface area contributed by atoms with E-state index >= 15 is 0 Å². The van der Waals surface area contributed by atoms with Crippen LogP contribution in [-0.4, -0.2) is 27.6 Å². The maximum atomic E-state index is 13.7. The molecule has 1 aliphatic heterocycles. The van der Waals surface area contributed by atoms with Crippen LogP contribution in [0.25, 0.3) is 0 Å². The highest BCUT2D eigenvalue weighted by atomic mass is 32.2. The highest BCUT2D eigenvalue weighted by molar-refractivity contribution is 7.89. The van der Waals surface area contributed by atoms with Crippen LogP contribution < -0.4 is 15.2 Å². The molecule has 1 aromatic rings. The van der Waals surface area contributed by atoms with Crippen molar-refractivity contribution in [2.75, 3.05) is 13.1 Å². The van der Waals surface area contributed by atoms with Crippen LogP contribution in [0.15, 0.2) is 23.1 Å². The lowest BCUT2D eigenvalue weighted by Crippen LogP contribution is -2.34. The van der Waals surface area contributed by atoms with Gasteiger partial charge in [0.2, 0.25) is 10.0 Å². The van der Waals surface area contributed by atoms with Crippen LogP contribution in [0.5, 0.6) is 5.75 Å². The Kier molecular flexibility index (Phi) is 3.84. The van der Waals surface area contributed by atoms with Crippen molar-refractivity contribution in [2.24, 2.45) is 5.14 Å². The SMILES string of the molecule is NS(=O)(=O)c1ccc(OC2CCNCC2)c(F)c1. The van der Waals surface area contributed by atoms with Gasteiger partial charge in [-0.15, -0.1) is 0 Å². The number of benzene rings is 1. The fraction of sp³-hybridized carbons (Fsp3) is 0.455. The van der Waals surface area contributed by atoms with Gasteiger partial charge in [0.15, 0.2) is 11.6 Å². The normalized spacial score (nSPS) is 17.7. The van der Waals surface area contributed by atoms with Crippen LogP contribution in [-0.2, 0) is 10.0 Å². The van der Waals surface area contributed by atoms with Gasteiger partial charge in [0, 0.05) is 0 Å². The third-order valence-corrected chi connectivity index (χ3v) is 3.72. The van der Waals surface area contributed by atoms with Gasteiger partial charge in [-0.1, -0.05) is 0 Å². The maximum absolute atomic E-state index is 13.7. The zero-order valence-corrected chi connectivity index (χ0v) is 10.5. The Balaban J connectivity index is 2.14. The molecule has 1 fully saturated rings. The van der Waals surface area contributed by atoms with E-state index in [1.807, 2.05) is 0 Å². The second kappa shape index (κ2) is 5.21. The van der Waals surface area contributed by atoms with Gasteiger partial charge < -0.3 is 10.1 Å². The highest BCUT2D eigenvalue weighted by Gasteiger charge is 2.18. The van der Waals surface area contributed by atoms with Gasteiger partial charge in [0.05, 0.1) is 4.90 Å². The first kappa shape index (κ1) is 13.3. The molecule has 2 rings (SSSR count). The first-order valence-corrected chi connectivity index (χ1v) is 7.21. The van der Waals surface area contributed by atoms with Crippen LogP contribution in [0.3, 0.4) is 0 Å². The molecule has 0 bridgehead atoms. The van der Waals surface area contributed by atoms with E-state index in [4.69, 9.17) is 9.88 Å². The topological polar surface area (TPSA) is 81.4 Å². The summed E-state index contributed by atoms with van der Waals surface area (Å²) in [4.78, 5) is -0.252. The Morgan fingerprint density at radius 3 is 2.56 bits per heavy atom. The summed E-state index contributed by atoms with van der Waals surface area (Å²) in [5, 5.41) is 8.09. The van der Waals surface area contributed by atoms with Crippen molar-refractivity contribution in [2.45, 2.75) is 23.8 Å². The summed E-state index contributed by atoms with van der Waals surface area (Å²) in [6.07, 6.45) is 1.56. The Morgan fingerprint density at radius 1 is 1.33 bits per heavy atom. The molecule has 1 aromatic carbocycles. The van der Waals surface area contributed by atoms with E-state index in [1.165, 1.54) is 12.1 Å². The number of primary sulfonamides is 1. The van der Waals surface area contributed by atoms with Gasteiger partial charge >= 0.3 is 0 Å². The molecule has 100 valence electrons. The fourth-order valence-electron chi connectivity index (χ4n) is 1.85. The van der Waals surface area contributed by atoms with Crippen molar-refractivity contribution in [3.05, 3.63) is 24.0 Å². The van der Waals surface area contributed by atoms with Gasteiger partial charge in [-0.2, -0.15) is 0 Å². The molecule has 0 aromatic heterocycles. The minimum Gasteiger partial charge on any atom is -0.487 e. The number of hydrogen-bond acceptors (Lipinski definition) is 4. The average Bonchev–Trinajstić information content (AvgIpc) is 2.32. The molecule has 5 nitrogen and oxygen atoms in total. The van der Waals surface area contributed by atoms with Crippen molar-refractivity contribution >= 4 is 10.0 Å². The summed E-state index contributed by atoms with van der Waals surface area (Å²) in [5.41, 5.74) is 0. The Bertz CT molecular complexity index is 527. The first-order chi connectivity index (χ1) is 8.47. The van der Waals surface area contributed by atoms with E-state index in [0.29, 0.717) is 0 Å². The molecule has 0 atom stereocenters. The van der Waals surface area contributed by atoms with Gasteiger partial charge in [-0.3, -0.25) is 0 Å². The van der Waals surface area contributed by atoms with E-state index in [1.54, 1.807) is 0 Å². The molecule has 0 unspecified atom stereocenters. The Labute approximate surface area is 105 Å². The van der Waals surface area contributed by atoms with Crippen molar-refractivity contribution in [1.82, 2.24) is 5.32 Å². The molecule has 0 radical (unpaired) electrons. The molecule has 1 aliphatic rings. The predicted molar refractivity (Wildman–Crippen MR) is 64.3 cm³/mol. The van der Waals surface area contributed by atoms with E-state index in [9.17, 15) is 12.8 Å². The van der Waals surface area contributed by atoms with Crippen LogP contribution >= 0.6 is 0 Å². The molecule has 1 heterocycles. The number of ether oxygens (including phenoxy) is 1. The smallest absolute Gasteiger partial charge is 0.238 e. The van der Waals surface area contributed by atoms with Crippen molar-refractivity contribution in [3.63, 3.8) is 0 Å². The molecular formula is C11H15FN2O3S. The number of sulfonamides is 1. The molecule has 0 amide bonds. The van der Waals surface area contributed by atoms with Crippen LogP contribution in [0.4, 0.5) is 4.39 Å². The summed E-state index contributed by atoms with van der Waals surface area (Å²) in [6, 6.07) is 3.43. The van der Waals surface area contributed by atoms with Gasteiger partial charge in [-0.05, 0) is 44.1 Å². The lowest BCUT2D eigenvalue weighted by molar-refractivity contribution is 0.156. The van der Waals surface area contributed by atoms with E-state index in [-0.39, 0.29) is 16.7 Å². The van der Waals surface area contributed by atoms with Gasteiger partial charge in [0.25, 0.3) is 0 Å². The van der Waals surface area contributed by atoms with Crippen molar-refractivity contribution < 1.29 is 17.5 Å². The quantitative estimate of drug-likeness (QED) is 0.846. The van der Waals surface area contributed by atoms with E-state index in [2.05, 4.69) is 5.32 Å². The summed E-state index contributed by atoms with van der Waals surface area (Å²) in [6.45, 7) is 1.67. The zero-order chi connectivity index (χ0) is 13.2. The van der Waals surface area contributed by atoms with Crippen LogP contribution in [0.2, 0.25) is 0 Å². The summed E-state index contributed by atoms with van der Waals surface area (Å²) in [5.74, 6) is -0.644. The third kappa shape index (κ3) is 3.18. The highest BCUT2D eigenvalue weighted by Crippen LogP contribution is 2.23. The lowest BCUT2D eigenvalue weighted by Gasteiger charge is -2.24. The second-order valence-electron chi connectivity index (χ2n) is 4.20. The third-order valence-electron chi connectivity index (χ3n) is 2.81. The number of hydrogen-bond donors (Lipinski definition) is 2. The molecular weight excluding hydrogens is 259 g/mol. The predicted octanol–water partition coefficient (Wildman–Crippen LogP) is 0.604. The second-order valence-corrected chi connectivity index (χ2v) is 5.77. The number of halogens is 1. The van der Waals surface area contributed by atoms with E-state index < -0.39 is 15.8 Å². The maximum Gasteiger partial charge on any atom is 0.238 e. The lowest BCUT2D eigenvalue weighted by atomic mass is 10.1. The van der Waals surface area contributed by atoms with Crippen molar-refractivity contribution in [1.29, 1.82) is 0 Å². The number of nitrogens with two attached hydrogens (primary N) is 1. The Hall–Kier alpha value is -1.18. The number of rotatable bonds is 3. The van der Waals surface area contributed by atoms with Gasteiger partial charge in [0.1, 0.15) is 6.10 Å². The number of nitrogens with one attached hydrogen (secondary N) is 1. The molecule has 1 saturated heterocycles. The largest absolute Gasteiger partial charge is 0.487 e. The molecule has 7 heteroatoms. The first-order valence-electron chi connectivity index (χ1n) is 5.66. The Morgan fingerprint density at radius 2 is 2.00 bits per heavy atom. The summed E-state index contributed by atoms with van der Waals surface area (Å²) >= 11 is 0. The molecule has 0 saturated carbocycles. The van der Waals surface area contributed by atoms with Gasteiger partial charge in [-0.25, -0.2) is 17.9 Å².